The van der Waals surface area contributed by atoms with Gasteiger partial charge in [-0.2, -0.15) is 13.2 Å². The van der Waals surface area contributed by atoms with Gasteiger partial charge in [-0.05, 0) is 35.9 Å². The van der Waals surface area contributed by atoms with Crippen LogP contribution in [-0.4, -0.2) is 17.1 Å². The Balaban J connectivity index is 1.59. The second-order valence-corrected chi connectivity index (χ2v) is 7.39. The summed E-state index contributed by atoms with van der Waals surface area (Å²) in [6.07, 6.45) is -2.93. The molecule has 0 bridgehead atoms. The Morgan fingerprint density at radius 1 is 0.969 bits per heavy atom. The summed E-state index contributed by atoms with van der Waals surface area (Å²) in [6, 6.07) is 17.9. The molecule has 164 valence electrons. The third-order valence-corrected chi connectivity index (χ3v) is 5.09. The molecule has 3 aromatic carbocycles. The number of H-pyrrole nitrogens is 1. The van der Waals surface area contributed by atoms with E-state index in [9.17, 15) is 13.2 Å². The van der Waals surface area contributed by atoms with Gasteiger partial charge in [-0.15, -0.1) is 0 Å². The maximum Gasteiger partial charge on any atom is 0.417 e. The van der Waals surface area contributed by atoms with Gasteiger partial charge in [0.25, 0.3) is 0 Å². The molecule has 0 saturated carbocycles. The number of hydrogen-bond donors (Lipinski definition) is 1. The lowest BCUT2D eigenvalue weighted by Gasteiger charge is -2.11. The minimum Gasteiger partial charge on any atom is -0.496 e. The van der Waals surface area contributed by atoms with Crippen LogP contribution in [0.15, 0.2) is 72.9 Å². The molecule has 4 nitrogen and oxygen atoms in total. The van der Waals surface area contributed by atoms with Crippen molar-refractivity contribution in [3.05, 3.63) is 89.1 Å². The standard InChI is InChI=1S/C24H18ClF3N2O2/c1-31-22-12-17(32-14-15-6-8-16(25)9-7-15)10-11-19(22)21-13-29-23(30-21)18-4-2-3-5-20(18)24(26,27)28/h2-13H,14H2,1H3,(H,29,30). The van der Waals surface area contributed by atoms with Gasteiger partial charge < -0.3 is 14.5 Å². The highest BCUT2D eigenvalue weighted by atomic mass is 35.5. The van der Waals surface area contributed by atoms with Crippen LogP contribution in [-0.2, 0) is 12.8 Å². The third kappa shape index (κ3) is 4.73. The Hall–Kier alpha value is -3.45. The summed E-state index contributed by atoms with van der Waals surface area (Å²) in [5, 5.41) is 0.649. The van der Waals surface area contributed by atoms with Crippen molar-refractivity contribution in [2.24, 2.45) is 0 Å². The predicted octanol–water partition coefficient (Wildman–Crippen LogP) is 7.00. The van der Waals surface area contributed by atoms with Gasteiger partial charge in [-0.3, -0.25) is 0 Å². The molecule has 8 heteroatoms. The number of imidazole rings is 1. The molecule has 0 fully saturated rings. The molecular weight excluding hydrogens is 441 g/mol. The van der Waals surface area contributed by atoms with Crippen LogP contribution in [0.2, 0.25) is 5.02 Å². The average Bonchev–Trinajstić information content (AvgIpc) is 3.28. The minimum atomic E-state index is -4.48. The monoisotopic (exact) mass is 458 g/mol. The summed E-state index contributed by atoms with van der Waals surface area (Å²) >= 11 is 5.89. The fourth-order valence-electron chi connectivity index (χ4n) is 3.25. The molecule has 0 atom stereocenters. The highest BCUT2D eigenvalue weighted by Crippen LogP contribution is 2.38. The van der Waals surface area contributed by atoms with Crippen molar-refractivity contribution in [2.45, 2.75) is 12.8 Å². The average molecular weight is 459 g/mol. The molecule has 4 rings (SSSR count). The second kappa shape index (κ2) is 8.96. The summed E-state index contributed by atoms with van der Waals surface area (Å²) < 4.78 is 51.4. The number of ether oxygens (including phenoxy) is 2. The van der Waals surface area contributed by atoms with Crippen molar-refractivity contribution in [1.29, 1.82) is 0 Å². The molecule has 1 aromatic heterocycles. The Morgan fingerprint density at radius 2 is 1.72 bits per heavy atom. The van der Waals surface area contributed by atoms with E-state index >= 15 is 0 Å². The van der Waals surface area contributed by atoms with E-state index in [2.05, 4.69) is 9.97 Å². The quantitative estimate of drug-likeness (QED) is 0.338. The third-order valence-electron chi connectivity index (χ3n) is 4.83. The maximum absolute atomic E-state index is 13.4. The van der Waals surface area contributed by atoms with Gasteiger partial charge in [0, 0.05) is 28.4 Å². The Labute approximate surface area is 187 Å². The van der Waals surface area contributed by atoms with Crippen LogP contribution < -0.4 is 9.47 Å². The van der Waals surface area contributed by atoms with Crippen LogP contribution in [0.1, 0.15) is 11.1 Å². The molecule has 32 heavy (non-hydrogen) atoms. The van der Waals surface area contributed by atoms with E-state index in [4.69, 9.17) is 21.1 Å². The number of nitrogens with one attached hydrogen (secondary N) is 1. The first kappa shape index (κ1) is 21.8. The highest BCUT2D eigenvalue weighted by molar-refractivity contribution is 6.30. The molecule has 0 unspecified atom stereocenters. The van der Waals surface area contributed by atoms with Crippen molar-refractivity contribution in [2.75, 3.05) is 7.11 Å². The molecule has 0 radical (unpaired) electrons. The predicted molar refractivity (Wildman–Crippen MR) is 117 cm³/mol. The van der Waals surface area contributed by atoms with Gasteiger partial charge >= 0.3 is 6.18 Å². The van der Waals surface area contributed by atoms with Crippen molar-refractivity contribution in [1.82, 2.24) is 9.97 Å². The number of aromatic amines is 1. The van der Waals surface area contributed by atoms with E-state index in [1.54, 1.807) is 42.6 Å². The van der Waals surface area contributed by atoms with E-state index < -0.39 is 11.7 Å². The number of methoxy groups -OCH3 is 1. The topological polar surface area (TPSA) is 47.1 Å². The van der Waals surface area contributed by atoms with Gasteiger partial charge in [0.1, 0.15) is 23.9 Å². The van der Waals surface area contributed by atoms with E-state index in [-0.39, 0.29) is 11.4 Å². The van der Waals surface area contributed by atoms with Gasteiger partial charge in [-0.1, -0.05) is 41.9 Å². The molecule has 0 aliphatic carbocycles. The molecule has 0 aliphatic rings. The zero-order valence-electron chi connectivity index (χ0n) is 16.9. The highest BCUT2D eigenvalue weighted by Gasteiger charge is 2.34. The Kier molecular flexibility index (Phi) is 6.10. The lowest BCUT2D eigenvalue weighted by Crippen LogP contribution is -2.07. The van der Waals surface area contributed by atoms with E-state index in [1.165, 1.54) is 19.2 Å². The normalized spacial score (nSPS) is 11.4. The number of aromatic nitrogens is 2. The Bertz CT molecular complexity index is 1220. The van der Waals surface area contributed by atoms with Gasteiger partial charge in [0.15, 0.2) is 0 Å². The molecule has 0 aliphatic heterocycles. The van der Waals surface area contributed by atoms with Crippen molar-refractivity contribution < 1.29 is 22.6 Å². The molecular formula is C24H18ClF3N2O2. The van der Waals surface area contributed by atoms with Gasteiger partial charge in [0.2, 0.25) is 0 Å². The van der Waals surface area contributed by atoms with Crippen LogP contribution in [0.25, 0.3) is 22.6 Å². The van der Waals surface area contributed by atoms with Crippen molar-refractivity contribution in [3.63, 3.8) is 0 Å². The van der Waals surface area contributed by atoms with Crippen LogP contribution in [0.4, 0.5) is 13.2 Å². The molecule has 0 amide bonds. The first-order chi connectivity index (χ1) is 15.3. The van der Waals surface area contributed by atoms with Crippen LogP contribution in [0, 0.1) is 0 Å². The number of alkyl halides is 3. The number of halogens is 4. The first-order valence-corrected chi connectivity index (χ1v) is 10.0. The summed E-state index contributed by atoms with van der Waals surface area (Å²) in [4.78, 5) is 7.22. The van der Waals surface area contributed by atoms with Crippen molar-refractivity contribution in [3.8, 4) is 34.1 Å². The van der Waals surface area contributed by atoms with Crippen LogP contribution in [0.3, 0.4) is 0 Å². The van der Waals surface area contributed by atoms with E-state index in [0.717, 1.165) is 11.6 Å². The van der Waals surface area contributed by atoms with E-state index in [0.29, 0.717) is 34.4 Å². The summed E-state index contributed by atoms with van der Waals surface area (Å²) in [6.45, 7) is 0.348. The summed E-state index contributed by atoms with van der Waals surface area (Å²) in [5.74, 6) is 1.19. The number of rotatable bonds is 6. The summed E-state index contributed by atoms with van der Waals surface area (Å²) in [5.41, 5.74) is 1.26. The van der Waals surface area contributed by atoms with Crippen LogP contribution in [0.5, 0.6) is 11.5 Å². The summed E-state index contributed by atoms with van der Waals surface area (Å²) in [7, 11) is 1.51. The lowest BCUT2D eigenvalue weighted by molar-refractivity contribution is -0.137. The largest absolute Gasteiger partial charge is 0.496 e. The molecule has 0 saturated heterocycles. The van der Waals surface area contributed by atoms with Gasteiger partial charge in [-0.25, -0.2) is 4.98 Å². The molecule has 1 heterocycles. The lowest BCUT2D eigenvalue weighted by atomic mass is 10.1. The zero-order chi connectivity index (χ0) is 22.7. The van der Waals surface area contributed by atoms with E-state index in [1.807, 2.05) is 12.1 Å². The minimum absolute atomic E-state index is 0.0202. The van der Waals surface area contributed by atoms with Gasteiger partial charge in [0.05, 0.1) is 18.4 Å². The Morgan fingerprint density at radius 3 is 2.44 bits per heavy atom. The molecule has 4 aromatic rings. The smallest absolute Gasteiger partial charge is 0.417 e. The number of benzene rings is 3. The fourth-order valence-corrected chi connectivity index (χ4v) is 3.38. The number of hydrogen-bond acceptors (Lipinski definition) is 3. The number of nitrogens with zero attached hydrogens (tertiary/aromatic N) is 1. The fraction of sp³-hybridized carbons (Fsp3) is 0.125. The first-order valence-electron chi connectivity index (χ1n) is 9.63. The SMILES string of the molecule is COc1cc(OCc2ccc(Cl)cc2)ccc1-c1c[nH]c(-c2ccccc2C(F)(F)F)n1. The molecule has 1 N–H and O–H groups in total. The van der Waals surface area contributed by atoms with Crippen LogP contribution >= 0.6 is 11.6 Å². The maximum atomic E-state index is 13.4. The second-order valence-electron chi connectivity index (χ2n) is 6.95. The van der Waals surface area contributed by atoms with Crippen molar-refractivity contribution >= 4 is 11.6 Å². The molecule has 0 spiro atoms. The zero-order valence-corrected chi connectivity index (χ0v) is 17.7.